The Balaban J connectivity index is 1.58. The Bertz CT molecular complexity index is 2060. The molecule has 12 nitrogen and oxygen atoms in total. The molecule has 1 saturated carbocycles. The average Bonchev–Trinajstić information content (AvgIpc) is 3.19. The molecule has 0 bridgehead atoms. The maximum absolute atomic E-state index is 14.9. The number of rotatable bonds is 15. The molecule has 1 aromatic carbocycles. The van der Waals surface area contributed by atoms with Crippen molar-refractivity contribution in [1.82, 2.24) is 26.1 Å². The van der Waals surface area contributed by atoms with Crippen LogP contribution in [0.4, 0.5) is 0 Å². The topological polar surface area (TPSA) is 148 Å². The maximum atomic E-state index is 14.9. The number of hydrogen-bond acceptors (Lipinski definition) is 9. The van der Waals surface area contributed by atoms with Crippen molar-refractivity contribution in [3.05, 3.63) is 47.7 Å². The smallest absolute Gasteiger partial charge is 0.325 e. The van der Waals surface area contributed by atoms with Crippen molar-refractivity contribution in [2.45, 2.75) is 185 Å². The average molecular weight is 998 g/mol. The molecule has 0 radical (unpaired) electrons. The zero-order chi connectivity index (χ0) is 49.1. The van der Waals surface area contributed by atoms with Crippen molar-refractivity contribution in [3.8, 4) is 0 Å². The number of nitrogens with zero attached hydrogens (tertiary/aromatic N) is 2. The van der Waals surface area contributed by atoms with Gasteiger partial charge in [-0.25, -0.2) is 5.43 Å². The van der Waals surface area contributed by atoms with Crippen molar-refractivity contribution in [3.63, 3.8) is 0 Å². The van der Waals surface area contributed by atoms with Crippen molar-refractivity contribution in [2.24, 2.45) is 11.3 Å². The molecule has 1 aliphatic heterocycles. The fourth-order valence-corrected chi connectivity index (χ4v) is 11.0. The Morgan fingerprint density at radius 1 is 0.908 bits per heavy atom. The number of amides is 3. The van der Waals surface area contributed by atoms with Crippen LogP contribution in [0.5, 0.6) is 0 Å². The number of esters is 1. The predicted molar refractivity (Wildman–Crippen MR) is 269 cm³/mol. The minimum absolute atomic E-state index is 0.0152. The first-order chi connectivity index (χ1) is 29.7. The maximum Gasteiger partial charge on any atom is 0.325 e. The number of pyridine rings is 1. The molecular weight excluding hydrogens is 921 g/mol. The largest absolute Gasteiger partial charge is 0.460 e. The van der Waals surface area contributed by atoms with E-state index in [1.54, 1.807) is 6.92 Å². The van der Waals surface area contributed by atoms with Crippen LogP contribution >= 0.6 is 34.8 Å². The van der Waals surface area contributed by atoms with Gasteiger partial charge >= 0.3 is 5.97 Å². The highest BCUT2D eigenvalue weighted by Crippen LogP contribution is 2.48. The molecule has 1 aliphatic carbocycles. The summed E-state index contributed by atoms with van der Waals surface area (Å²) in [4.78, 5) is 60.2. The van der Waals surface area contributed by atoms with Crippen LogP contribution in [0.1, 0.15) is 132 Å². The number of carbonyl (C=O) groups excluding carboxylic acids is 4. The summed E-state index contributed by atoms with van der Waals surface area (Å²) in [6.45, 7) is 31.8. The molecule has 2 heterocycles. The number of nitrogens with one attached hydrogen (secondary N) is 3. The monoisotopic (exact) mass is 995 g/mol. The van der Waals surface area contributed by atoms with Gasteiger partial charge in [-0.15, -0.1) is 0 Å². The minimum Gasteiger partial charge on any atom is -0.460 e. The van der Waals surface area contributed by atoms with E-state index in [-0.39, 0.29) is 28.0 Å². The lowest BCUT2D eigenvalue weighted by atomic mass is 9.68. The van der Waals surface area contributed by atoms with E-state index >= 15 is 0 Å². The molecule has 2 aliphatic rings. The zero-order valence-corrected chi connectivity index (χ0v) is 45.7. The Hall–Kier alpha value is -2.57. The van der Waals surface area contributed by atoms with E-state index in [9.17, 15) is 19.2 Å². The number of aromatic nitrogens is 1. The van der Waals surface area contributed by atoms with Gasteiger partial charge in [-0.3, -0.25) is 29.2 Å². The molecule has 4 rings (SSSR count). The third kappa shape index (κ3) is 14.5. The number of hydrazine groups is 1. The molecule has 2 aromatic rings. The lowest BCUT2D eigenvalue weighted by Crippen LogP contribution is -2.61. The fraction of sp³-hybridized carbons (Fsp3) is 0.688. The first-order valence-electron chi connectivity index (χ1n) is 23.1. The van der Waals surface area contributed by atoms with E-state index in [2.05, 4.69) is 104 Å². The number of ether oxygens (including phenoxy) is 1. The molecule has 0 unspecified atom stereocenters. The Kier molecular flexibility index (Phi) is 17.8. The van der Waals surface area contributed by atoms with Gasteiger partial charge in [-0.05, 0) is 119 Å². The summed E-state index contributed by atoms with van der Waals surface area (Å²) in [5, 5.41) is 8.33. The fourth-order valence-electron chi connectivity index (χ4n) is 7.77. The number of fused-ring (bicyclic) bond motifs is 1. The van der Waals surface area contributed by atoms with E-state index in [0.717, 1.165) is 22.2 Å². The summed E-state index contributed by atoms with van der Waals surface area (Å²) in [6.07, 6.45) is 7.06. The number of benzene rings is 1. The Morgan fingerprint density at radius 3 is 2.08 bits per heavy atom. The quantitative estimate of drug-likeness (QED) is 0.0901. The van der Waals surface area contributed by atoms with Crippen LogP contribution in [0.2, 0.25) is 36.3 Å². The summed E-state index contributed by atoms with van der Waals surface area (Å²) in [7, 11) is -4.18. The van der Waals surface area contributed by atoms with Crippen molar-refractivity contribution in [2.75, 3.05) is 13.2 Å². The normalized spacial score (nSPS) is 23.0. The number of carbonyl (C=O) groups is 4. The molecule has 4 atom stereocenters. The lowest BCUT2D eigenvalue weighted by Gasteiger charge is -2.49. The Labute approximate surface area is 405 Å². The summed E-state index contributed by atoms with van der Waals surface area (Å²) < 4.78 is 17.1. The second-order valence-electron chi connectivity index (χ2n) is 22.0. The van der Waals surface area contributed by atoms with Crippen LogP contribution in [0.15, 0.2) is 36.4 Å². The van der Waals surface area contributed by atoms with Gasteiger partial charge < -0.3 is 24.2 Å². The SMILES string of the molecule is CC(C)[C@H](NC(=O)C1(/C=C/c2ccc3ccc([C@@H](C)O[Si](C)(C)C(C)(C)C)nc3c2)CCC(C)(O[Si](C)(C)C(C)(C)C)CC1)C(=O)N[C@@H](C)C(=O)N1CCC[C@@H](C(=O)OCC(Cl)(Cl)Cl)N1. The second-order valence-corrected chi connectivity index (χ2v) is 34.0. The van der Waals surface area contributed by atoms with Crippen LogP contribution in [-0.4, -0.2) is 91.0 Å². The van der Waals surface area contributed by atoms with Gasteiger partial charge in [0.05, 0.1) is 28.3 Å². The van der Waals surface area contributed by atoms with Crippen LogP contribution in [0, 0.1) is 11.3 Å². The third-order valence-corrected chi connectivity index (χ3v) is 23.6. The third-order valence-electron chi connectivity index (χ3n) is 14.1. The van der Waals surface area contributed by atoms with Gasteiger partial charge in [-0.1, -0.05) is 121 Å². The van der Waals surface area contributed by atoms with Gasteiger partial charge in [0.2, 0.25) is 15.6 Å². The molecule has 1 aromatic heterocycles. The molecule has 65 heavy (non-hydrogen) atoms. The number of alkyl halides is 3. The van der Waals surface area contributed by atoms with Crippen LogP contribution in [0.3, 0.4) is 0 Å². The molecule has 2 fully saturated rings. The standard InChI is InChI=1S/C48H76Cl3N5O7Si2/c1-31(2)39(40(57)52-32(3)41(58)56-28-16-17-37(55-56)42(59)61-30-48(49,50)51)54-43(60)47(26-24-46(11,25-27-47)63-65(14,15)45(8,9)10)23-22-34-18-19-35-20-21-36(53-38(35)29-34)33(4)62-64(12,13)44(5,6)7/h18-23,29,31-33,37,39,55H,16-17,24-28,30H2,1-15H3,(H,52,57)(H,54,60)/b23-22+/t32-,33+,37-,39-,46?,47?/m0/s1. The first kappa shape index (κ1) is 55.0. The van der Waals surface area contributed by atoms with E-state index in [0.29, 0.717) is 45.1 Å². The Morgan fingerprint density at radius 2 is 1.51 bits per heavy atom. The molecular formula is C48H76Cl3N5O7Si2. The first-order valence-corrected chi connectivity index (χ1v) is 30.0. The van der Waals surface area contributed by atoms with Crippen LogP contribution in [-0.2, 0) is 32.8 Å². The minimum atomic E-state index is -2.14. The highest BCUT2D eigenvalue weighted by Gasteiger charge is 2.49. The molecule has 3 amide bonds. The van der Waals surface area contributed by atoms with Gasteiger partial charge in [0, 0.05) is 11.9 Å². The van der Waals surface area contributed by atoms with Crippen molar-refractivity contribution >= 4 is 92.1 Å². The van der Waals surface area contributed by atoms with Gasteiger partial charge in [0.1, 0.15) is 24.7 Å². The summed E-state index contributed by atoms with van der Waals surface area (Å²) >= 11 is 17.2. The molecule has 3 N–H and O–H groups in total. The summed E-state index contributed by atoms with van der Waals surface area (Å²) in [5.74, 6) is -2.17. The van der Waals surface area contributed by atoms with E-state index in [4.69, 9.17) is 53.4 Å². The molecule has 1 saturated heterocycles. The summed E-state index contributed by atoms with van der Waals surface area (Å²) in [5.41, 5.74) is 4.13. The molecule has 364 valence electrons. The lowest BCUT2D eigenvalue weighted by molar-refractivity contribution is -0.152. The summed E-state index contributed by atoms with van der Waals surface area (Å²) in [6, 6.07) is 7.47. The van der Waals surface area contributed by atoms with Gasteiger partial charge in [-0.2, -0.15) is 0 Å². The van der Waals surface area contributed by atoms with Crippen LogP contribution < -0.4 is 16.1 Å². The predicted octanol–water partition coefficient (Wildman–Crippen LogP) is 10.7. The second kappa shape index (κ2) is 21.0. The highest BCUT2D eigenvalue weighted by atomic mass is 35.6. The highest BCUT2D eigenvalue weighted by molar-refractivity contribution is 6.74. The molecule has 0 spiro atoms. The van der Waals surface area contributed by atoms with Gasteiger partial charge in [0.25, 0.3) is 5.91 Å². The van der Waals surface area contributed by atoms with E-state index in [1.165, 1.54) is 5.01 Å². The zero-order valence-electron chi connectivity index (χ0n) is 41.5. The van der Waals surface area contributed by atoms with Crippen molar-refractivity contribution < 1.29 is 32.8 Å². The molecule has 17 heteroatoms. The van der Waals surface area contributed by atoms with Gasteiger partial charge in [0.15, 0.2) is 16.6 Å². The number of halogens is 3. The van der Waals surface area contributed by atoms with E-state index in [1.807, 2.05) is 50.3 Å². The van der Waals surface area contributed by atoms with Crippen LogP contribution in [0.25, 0.3) is 17.0 Å². The number of hydrogen-bond donors (Lipinski definition) is 3. The van der Waals surface area contributed by atoms with Crippen molar-refractivity contribution in [1.29, 1.82) is 0 Å². The van der Waals surface area contributed by atoms with E-state index < -0.39 is 74.0 Å².